The molecule has 3 rings (SSSR count). The Balaban J connectivity index is 1.67. The number of hydrogen-bond donors (Lipinski definition) is 2. The van der Waals surface area contributed by atoms with Gasteiger partial charge < -0.3 is 15.0 Å². The SMILES string of the molecule is Cc1cnc(CN(C)[C@@H]2CN(C(=O)c3ccc(Cl)c(F)c3)C[C@H]2O)[nH]1. The van der Waals surface area contributed by atoms with Crippen molar-refractivity contribution < 1.29 is 14.3 Å². The highest BCUT2D eigenvalue weighted by molar-refractivity contribution is 6.30. The second-order valence-electron chi connectivity index (χ2n) is 6.40. The van der Waals surface area contributed by atoms with E-state index in [2.05, 4.69) is 9.97 Å². The van der Waals surface area contributed by atoms with Gasteiger partial charge in [0.15, 0.2) is 0 Å². The molecular formula is C17H20ClFN4O2. The topological polar surface area (TPSA) is 72.5 Å². The lowest BCUT2D eigenvalue weighted by Gasteiger charge is -2.25. The monoisotopic (exact) mass is 366 g/mol. The molecule has 8 heteroatoms. The number of nitrogens with one attached hydrogen (secondary N) is 1. The van der Waals surface area contributed by atoms with E-state index in [4.69, 9.17) is 11.6 Å². The van der Waals surface area contributed by atoms with Crippen LogP contribution in [0, 0.1) is 12.7 Å². The highest BCUT2D eigenvalue weighted by Crippen LogP contribution is 2.21. The summed E-state index contributed by atoms with van der Waals surface area (Å²) in [6.45, 7) is 3.02. The number of H-pyrrole nitrogens is 1. The van der Waals surface area contributed by atoms with Gasteiger partial charge in [0.1, 0.15) is 11.6 Å². The molecule has 1 aromatic carbocycles. The number of benzene rings is 1. The lowest BCUT2D eigenvalue weighted by atomic mass is 10.2. The van der Waals surface area contributed by atoms with Gasteiger partial charge in [-0.3, -0.25) is 9.69 Å². The molecule has 6 nitrogen and oxygen atoms in total. The van der Waals surface area contributed by atoms with E-state index < -0.39 is 11.9 Å². The van der Waals surface area contributed by atoms with E-state index in [1.54, 1.807) is 6.20 Å². The van der Waals surface area contributed by atoms with Crippen LogP contribution in [0.25, 0.3) is 0 Å². The van der Waals surface area contributed by atoms with E-state index in [-0.39, 0.29) is 29.1 Å². The molecule has 1 aliphatic heterocycles. The van der Waals surface area contributed by atoms with E-state index in [0.717, 1.165) is 17.6 Å². The van der Waals surface area contributed by atoms with Crippen molar-refractivity contribution in [1.29, 1.82) is 0 Å². The molecule has 0 aliphatic carbocycles. The second-order valence-corrected chi connectivity index (χ2v) is 6.81. The molecule has 2 atom stereocenters. The molecule has 2 aromatic rings. The fourth-order valence-corrected chi connectivity index (χ4v) is 3.20. The van der Waals surface area contributed by atoms with Crippen LogP contribution in [0.2, 0.25) is 5.02 Å². The normalized spacial score (nSPS) is 20.5. The van der Waals surface area contributed by atoms with Crippen molar-refractivity contribution in [2.24, 2.45) is 0 Å². The number of nitrogens with zero attached hydrogens (tertiary/aromatic N) is 3. The zero-order valence-electron chi connectivity index (χ0n) is 14.0. The van der Waals surface area contributed by atoms with Crippen molar-refractivity contribution in [1.82, 2.24) is 19.8 Å². The molecule has 1 aromatic heterocycles. The molecule has 0 radical (unpaired) electrons. The summed E-state index contributed by atoms with van der Waals surface area (Å²) in [5.74, 6) is -0.148. The summed E-state index contributed by atoms with van der Waals surface area (Å²) in [4.78, 5) is 23.4. The van der Waals surface area contributed by atoms with E-state index >= 15 is 0 Å². The second kappa shape index (κ2) is 7.11. The van der Waals surface area contributed by atoms with Crippen LogP contribution in [-0.4, -0.2) is 63.1 Å². The Labute approximate surface area is 150 Å². The Morgan fingerprint density at radius 3 is 2.92 bits per heavy atom. The Kier molecular flexibility index (Phi) is 5.08. The number of aliphatic hydroxyl groups excluding tert-OH is 1. The molecule has 0 saturated carbocycles. The van der Waals surface area contributed by atoms with Gasteiger partial charge in [-0.25, -0.2) is 9.37 Å². The van der Waals surface area contributed by atoms with E-state index in [9.17, 15) is 14.3 Å². The quantitative estimate of drug-likeness (QED) is 0.866. The molecule has 1 saturated heterocycles. The number of aliphatic hydroxyl groups is 1. The zero-order valence-corrected chi connectivity index (χ0v) is 14.8. The zero-order chi connectivity index (χ0) is 18.1. The Morgan fingerprint density at radius 1 is 1.52 bits per heavy atom. The number of carbonyl (C=O) groups is 1. The number of carbonyl (C=O) groups excluding carboxylic acids is 1. The summed E-state index contributed by atoms with van der Waals surface area (Å²) in [5.41, 5.74) is 1.19. The minimum atomic E-state index is -0.679. The lowest BCUT2D eigenvalue weighted by Crippen LogP contribution is -2.40. The van der Waals surface area contributed by atoms with Crippen LogP contribution in [0.4, 0.5) is 4.39 Å². The number of β-amino-alcohol motifs (C(OH)–C–C–N with tert-alkyl or cyclic N) is 1. The number of likely N-dealkylation sites (N-methyl/N-ethyl adjacent to an activating group) is 1. The van der Waals surface area contributed by atoms with Crippen molar-refractivity contribution in [3.63, 3.8) is 0 Å². The number of hydrogen-bond acceptors (Lipinski definition) is 4. The fourth-order valence-electron chi connectivity index (χ4n) is 3.08. The third-order valence-electron chi connectivity index (χ3n) is 4.43. The lowest BCUT2D eigenvalue weighted by molar-refractivity contribution is 0.0762. The van der Waals surface area contributed by atoms with Crippen LogP contribution in [0.1, 0.15) is 21.9 Å². The summed E-state index contributed by atoms with van der Waals surface area (Å²) in [7, 11) is 1.88. The number of aromatic nitrogens is 2. The number of rotatable bonds is 4. The van der Waals surface area contributed by atoms with Crippen molar-refractivity contribution in [2.75, 3.05) is 20.1 Å². The van der Waals surface area contributed by atoms with Gasteiger partial charge in [-0.05, 0) is 32.2 Å². The van der Waals surface area contributed by atoms with Gasteiger partial charge in [-0.1, -0.05) is 11.6 Å². The Hall–Kier alpha value is -1.96. The summed E-state index contributed by atoms with van der Waals surface area (Å²) in [5, 5.41) is 10.3. The molecule has 1 amide bonds. The van der Waals surface area contributed by atoms with Gasteiger partial charge in [-0.15, -0.1) is 0 Å². The number of amides is 1. The van der Waals surface area contributed by atoms with E-state index in [1.165, 1.54) is 17.0 Å². The van der Waals surface area contributed by atoms with Gasteiger partial charge in [0.25, 0.3) is 5.91 Å². The first-order valence-corrected chi connectivity index (χ1v) is 8.36. The number of aryl methyl sites for hydroxylation is 1. The first-order chi connectivity index (χ1) is 11.8. The van der Waals surface area contributed by atoms with Crippen molar-refractivity contribution in [3.05, 3.63) is 52.3 Å². The molecular weight excluding hydrogens is 347 g/mol. The van der Waals surface area contributed by atoms with Gasteiger partial charge in [-0.2, -0.15) is 0 Å². The Morgan fingerprint density at radius 2 is 2.28 bits per heavy atom. The van der Waals surface area contributed by atoms with Crippen molar-refractivity contribution in [2.45, 2.75) is 25.6 Å². The van der Waals surface area contributed by atoms with E-state index in [0.29, 0.717) is 13.1 Å². The van der Waals surface area contributed by atoms with Crippen molar-refractivity contribution in [3.8, 4) is 0 Å². The smallest absolute Gasteiger partial charge is 0.254 e. The van der Waals surface area contributed by atoms with Crippen molar-refractivity contribution >= 4 is 17.5 Å². The molecule has 1 fully saturated rings. The molecule has 134 valence electrons. The van der Waals surface area contributed by atoms with Crippen LogP contribution < -0.4 is 0 Å². The number of imidazole rings is 1. The minimum absolute atomic E-state index is 0.0237. The maximum atomic E-state index is 13.6. The highest BCUT2D eigenvalue weighted by atomic mass is 35.5. The molecule has 0 unspecified atom stereocenters. The van der Waals surface area contributed by atoms with Gasteiger partial charge >= 0.3 is 0 Å². The maximum absolute atomic E-state index is 13.6. The number of halogens is 2. The summed E-state index contributed by atoms with van der Waals surface area (Å²) < 4.78 is 13.6. The summed E-state index contributed by atoms with van der Waals surface area (Å²) in [6.07, 6.45) is 1.07. The first-order valence-electron chi connectivity index (χ1n) is 7.98. The third-order valence-corrected chi connectivity index (χ3v) is 4.74. The molecule has 1 aliphatic rings. The maximum Gasteiger partial charge on any atom is 0.254 e. The van der Waals surface area contributed by atoms with E-state index in [1.807, 2.05) is 18.9 Å². The highest BCUT2D eigenvalue weighted by Gasteiger charge is 2.37. The first kappa shape index (κ1) is 17.8. The summed E-state index contributed by atoms with van der Waals surface area (Å²) in [6, 6.07) is 3.76. The molecule has 2 N–H and O–H groups in total. The van der Waals surface area contributed by atoms with Gasteiger partial charge in [0.05, 0.1) is 23.7 Å². The molecule has 2 heterocycles. The Bertz CT molecular complexity index is 782. The average molecular weight is 367 g/mol. The molecule has 0 spiro atoms. The predicted molar refractivity (Wildman–Crippen MR) is 91.9 cm³/mol. The third kappa shape index (κ3) is 3.84. The van der Waals surface area contributed by atoms with Gasteiger partial charge in [0, 0.05) is 30.5 Å². The number of aromatic amines is 1. The largest absolute Gasteiger partial charge is 0.390 e. The standard InChI is InChI=1S/C17H20ClFN4O2/c1-10-6-20-16(21-10)9-22(2)14-7-23(8-15(14)24)17(25)11-3-4-12(18)13(19)5-11/h3-6,14-15,24H,7-9H2,1-2H3,(H,20,21)/t14-,15-/m1/s1. The van der Waals surface area contributed by atoms with Crippen LogP contribution in [0.15, 0.2) is 24.4 Å². The van der Waals surface area contributed by atoms with Crippen LogP contribution in [0.3, 0.4) is 0 Å². The predicted octanol–water partition coefficient (Wildman–Crippen LogP) is 1.83. The van der Waals surface area contributed by atoms with Gasteiger partial charge in [0.2, 0.25) is 0 Å². The average Bonchev–Trinajstić information content (AvgIpc) is 3.15. The number of likely N-dealkylation sites (tertiary alicyclic amines) is 1. The summed E-state index contributed by atoms with van der Waals surface area (Å²) >= 11 is 5.66. The molecule has 0 bridgehead atoms. The van der Waals surface area contributed by atoms with Crippen LogP contribution in [-0.2, 0) is 6.54 Å². The van der Waals surface area contributed by atoms with Crippen LogP contribution in [0.5, 0.6) is 0 Å². The van der Waals surface area contributed by atoms with Crippen LogP contribution >= 0.6 is 11.6 Å². The minimum Gasteiger partial charge on any atom is -0.390 e. The molecule has 25 heavy (non-hydrogen) atoms. The fraction of sp³-hybridized carbons (Fsp3) is 0.412.